The number of halogens is 1. The Morgan fingerprint density at radius 3 is 2.53 bits per heavy atom. The molecule has 3 N–H and O–H groups in total. The fourth-order valence-corrected chi connectivity index (χ4v) is 3.27. The quantitative estimate of drug-likeness (QED) is 0.346. The third-order valence-electron chi connectivity index (χ3n) is 4.08. The van der Waals surface area contributed by atoms with Crippen LogP contribution >= 0.6 is 22.9 Å². The zero-order valence-electron chi connectivity index (χ0n) is 16.3. The molecule has 0 bridgehead atoms. The number of nitrogens with zero attached hydrogens (tertiary/aromatic N) is 2. The van der Waals surface area contributed by atoms with Gasteiger partial charge in [0.2, 0.25) is 0 Å². The second kappa shape index (κ2) is 9.94. The van der Waals surface area contributed by atoms with E-state index in [0.29, 0.717) is 5.69 Å². The van der Waals surface area contributed by atoms with Gasteiger partial charge in [-0.2, -0.15) is 0 Å². The minimum Gasteiger partial charge on any atom is -0.507 e. The Balaban J connectivity index is 1.80. The van der Waals surface area contributed by atoms with Crippen LogP contribution in [0.5, 0.6) is 17.2 Å². The lowest BCUT2D eigenvalue weighted by Gasteiger charge is -2.13. The Kier molecular flexibility index (Phi) is 7.07. The molecular formula is C19H15ClN4O7S. The Hall–Kier alpha value is -3.90. The maximum absolute atomic E-state index is 12.6. The molecule has 0 aliphatic carbocycles. The predicted octanol–water partition coefficient (Wildman–Crippen LogP) is 3.07. The van der Waals surface area contributed by atoms with Crippen LogP contribution in [0.15, 0.2) is 41.2 Å². The van der Waals surface area contributed by atoms with Crippen LogP contribution in [0.2, 0.25) is 5.02 Å². The van der Waals surface area contributed by atoms with Crippen molar-refractivity contribution < 1.29 is 29.1 Å². The predicted molar refractivity (Wildman–Crippen MR) is 114 cm³/mol. The van der Waals surface area contributed by atoms with Crippen molar-refractivity contribution in [3.8, 4) is 17.2 Å². The molecule has 0 spiro atoms. The van der Waals surface area contributed by atoms with Crippen LogP contribution in [0, 0.1) is 10.1 Å². The van der Waals surface area contributed by atoms with Crippen LogP contribution < -0.4 is 20.3 Å². The van der Waals surface area contributed by atoms with Crippen LogP contribution in [-0.2, 0) is 6.61 Å². The second-order valence-corrected chi connectivity index (χ2v) is 7.27. The van der Waals surface area contributed by atoms with E-state index in [1.165, 1.54) is 36.6 Å². The number of nitrogens with one attached hydrogen (secondary N) is 2. The molecule has 2 amide bonds. The summed E-state index contributed by atoms with van der Waals surface area (Å²) >= 11 is 7.16. The number of benzene rings is 2. The smallest absolute Gasteiger partial charge is 0.286 e. The van der Waals surface area contributed by atoms with Gasteiger partial charge >= 0.3 is 0 Å². The summed E-state index contributed by atoms with van der Waals surface area (Å²) in [6.07, 6.45) is 0. The van der Waals surface area contributed by atoms with Crippen molar-refractivity contribution in [3.05, 3.63) is 73.2 Å². The number of hydrazine groups is 1. The van der Waals surface area contributed by atoms with Crippen molar-refractivity contribution in [2.45, 2.75) is 6.61 Å². The van der Waals surface area contributed by atoms with Crippen molar-refractivity contribution in [3.63, 3.8) is 0 Å². The maximum Gasteiger partial charge on any atom is 0.286 e. The average Bonchev–Trinajstić information content (AvgIpc) is 3.30. The van der Waals surface area contributed by atoms with Crippen LogP contribution in [0.25, 0.3) is 0 Å². The van der Waals surface area contributed by atoms with Gasteiger partial charge < -0.3 is 14.6 Å². The highest BCUT2D eigenvalue weighted by molar-refractivity contribution is 7.07. The van der Waals surface area contributed by atoms with E-state index in [4.69, 9.17) is 21.1 Å². The van der Waals surface area contributed by atoms with E-state index < -0.39 is 22.4 Å². The molecule has 3 aromatic rings. The second-order valence-electron chi connectivity index (χ2n) is 6.12. The molecule has 0 unspecified atom stereocenters. The highest BCUT2D eigenvalue weighted by Crippen LogP contribution is 2.35. The number of methoxy groups -OCH3 is 1. The van der Waals surface area contributed by atoms with Gasteiger partial charge in [0.1, 0.15) is 17.9 Å². The van der Waals surface area contributed by atoms with Crippen molar-refractivity contribution in [1.82, 2.24) is 15.8 Å². The van der Waals surface area contributed by atoms with Gasteiger partial charge in [0.15, 0.2) is 11.5 Å². The van der Waals surface area contributed by atoms with Crippen LogP contribution in [0.1, 0.15) is 26.4 Å². The monoisotopic (exact) mass is 478 g/mol. The molecule has 0 fully saturated rings. The molecule has 0 saturated heterocycles. The molecule has 11 nitrogen and oxygen atoms in total. The van der Waals surface area contributed by atoms with Gasteiger partial charge in [0.05, 0.1) is 34.9 Å². The third kappa shape index (κ3) is 5.22. The summed E-state index contributed by atoms with van der Waals surface area (Å²) in [6, 6.07) is 5.94. The van der Waals surface area contributed by atoms with E-state index in [1.54, 1.807) is 10.9 Å². The zero-order chi connectivity index (χ0) is 23.3. The Morgan fingerprint density at radius 2 is 1.91 bits per heavy atom. The highest BCUT2D eigenvalue weighted by Gasteiger charge is 2.25. The van der Waals surface area contributed by atoms with E-state index in [9.17, 15) is 24.8 Å². The summed E-state index contributed by atoms with van der Waals surface area (Å²) in [7, 11) is 1.31. The first-order chi connectivity index (χ1) is 15.3. The normalized spacial score (nSPS) is 10.3. The molecule has 1 heterocycles. The Morgan fingerprint density at radius 1 is 1.19 bits per heavy atom. The number of hydrogen-bond donors (Lipinski definition) is 3. The molecule has 0 atom stereocenters. The van der Waals surface area contributed by atoms with Gasteiger partial charge in [-0.05, 0) is 18.2 Å². The van der Waals surface area contributed by atoms with Gasteiger partial charge in [-0.15, -0.1) is 11.3 Å². The number of phenols is 1. The summed E-state index contributed by atoms with van der Waals surface area (Å²) in [4.78, 5) is 39.6. The fourth-order valence-electron chi connectivity index (χ4n) is 2.55. The molecule has 0 aliphatic rings. The Labute approximate surface area is 189 Å². The van der Waals surface area contributed by atoms with Gasteiger partial charge in [-0.1, -0.05) is 11.6 Å². The van der Waals surface area contributed by atoms with E-state index in [1.807, 2.05) is 0 Å². The molecule has 13 heteroatoms. The van der Waals surface area contributed by atoms with E-state index in [0.717, 1.165) is 12.1 Å². The topological polar surface area (TPSA) is 153 Å². The summed E-state index contributed by atoms with van der Waals surface area (Å²) in [5.41, 5.74) is 5.21. The van der Waals surface area contributed by atoms with Crippen LogP contribution in [0.3, 0.4) is 0 Å². The minimum absolute atomic E-state index is 0.0386. The number of aromatic hydroxyl groups is 1. The average molecular weight is 479 g/mol. The number of phenolic OH excluding ortho intramolecular Hbond substituents is 1. The molecule has 0 aliphatic heterocycles. The van der Waals surface area contributed by atoms with Gasteiger partial charge in [-0.3, -0.25) is 30.6 Å². The lowest BCUT2D eigenvalue weighted by Crippen LogP contribution is -2.41. The first-order valence-electron chi connectivity index (χ1n) is 8.75. The van der Waals surface area contributed by atoms with Crippen molar-refractivity contribution >= 4 is 40.4 Å². The molecule has 1 aromatic heterocycles. The molecule has 2 aromatic carbocycles. The van der Waals surface area contributed by atoms with Crippen molar-refractivity contribution in [1.29, 1.82) is 0 Å². The number of nitro groups is 1. The third-order valence-corrected chi connectivity index (χ3v) is 4.95. The number of carbonyl (C=O) groups is 2. The summed E-state index contributed by atoms with van der Waals surface area (Å²) in [5, 5.41) is 23.2. The molecule has 32 heavy (non-hydrogen) atoms. The molecular weight excluding hydrogens is 464 g/mol. The molecule has 166 valence electrons. The van der Waals surface area contributed by atoms with E-state index in [2.05, 4.69) is 15.8 Å². The van der Waals surface area contributed by atoms with E-state index >= 15 is 0 Å². The largest absolute Gasteiger partial charge is 0.507 e. The van der Waals surface area contributed by atoms with Crippen molar-refractivity contribution in [2.24, 2.45) is 0 Å². The molecule has 0 saturated carbocycles. The number of carbonyl (C=O) groups excluding carboxylic acids is 2. The number of hydrogen-bond acceptors (Lipinski definition) is 9. The number of aromatic nitrogens is 1. The summed E-state index contributed by atoms with van der Waals surface area (Å²) < 4.78 is 10.7. The van der Waals surface area contributed by atoms with Gasteiger partial charge in [-0.25, -0.2) is 4.98 Å². The van der Waals surface area contributed by atoms with Crippen LogP contribution in [0.4, 0.5) is 5.69 Å². The van der Waals surface area contributed by atoms with E-state index in [-0.39, 0.29) is 40.0 Å². The maximum atomic E-state index is 12.6. The van der Waals surface area contributed by atoms with Crippen LogP contribution in [-0.4, -0.2) is 33.9 Å². The minimum atomic E-state index is -0.990. The number of ether oxygens (including phenoxy) is 2. The first-order valence-corrected chi connectivity index (χ1v) is 10.1. The number of nitro benzene ring substituents is 1. The first kappa shape index (κ1) is 22.8. The molecule has 3 rings (SSSR count). The van der Waals surface area contributed by atoms with Crippen molar-refractivity contribution in [2.75, 3.05) is 7.11 Å². The summed E-state index contributed by atoms with van der Waals surface area (Å²) in [5.74, 6) is -2.13. The zero-order valence-corrected chi connectivity index (χ0v) is 17.9. The Bertz CT molecular complexity index is 1170. The fraction of sp³-hybridized carbons (Fsp3) is 0.105. The molecule has 0 radical (unpaired) electrons. The lowest BCUT2D eigenvalue weighted by atomic mass is 10.1. The van der Waals surface area contributed by atoms with Gasteiger partial charge in [0.25, 0.3) is 17.5 Å². The number of rotatable bonds is 7. The SMILES string of the molecule is COc1cc(C(=O)NNC(=O)c2cc(Cl)ccc2O)c([N+](=O)[O-])cc1OCc1cscn1. The standard InChI is InChI=1S/C19H15ClN4O7S/c1-30-16-5-12(14(24(28)29)6-17(16)31-7-11-8-32-9-21-11)18(26)22-23-19(27)13-4-10(20)2-3-15(13)25/h2-6,8-9,25H,7H2,1H3,(H,22,26)(H,23,27). The number of thiazole rings is 1. The number of amides is 2. The lowest BCUT2D eigenvalue weighted by molar-refractivity contribution is -0.385. The van der Waals surface area contributed by atoms with Gasteiger partial charge in [0, 0.05) is 16.5 Å². The highest BCUT2D eigenvalue weighted by atomic mass is 35.5. The summed E-state index contributed by atoms with van der Waals surface area (Å²) in [6.45, 7) is 0.0434.